The fourth-order valence-electron chi connectivity index (χ4n) is 3.30. The van der Waals surface area contributed by atoms with Crippen molar-refractivity contribution in [3.8, 4) is 0 Å². The maximum Gasteiger partial charge on any atom is 0.409 e. The number of piperidine rings is 1. The summed E-state index contributed by atoms with van der Waals surface area (Å²) in [7, 11) is 1.64. The molecule has 0 atom stereocenters. The Morgan fingerprint density at radius 1 is 1.28 bits per heavy atom. The summed E-state index contributed by atoms with van der Waals surface area (Å²) in [6, 6.07) is 4.67. The van der Waals surface area contributed by atoms with E-state index in [0.29, 0.717) is 48.5 Å². The minimum absolute atomic E-state index is 0.250. The van der Waals surface area contributed by atoms with Gasteiger partial charge in [-0.15, -0.1) is 0 Å². The zero-order chi connectivity index (χ0) is 18.1. The van der Waals surface area contributed by atoms with E-state index in [4.69, 9.17) is 16.3 Å². The summed E-state index contributed by atoms with van der Waals surface area (Å²) in [5.74, 6) is 0. The molecule has 0 radical (unpaired) electrons. The number of carbonyl (C=O) groups excluding carboxylic acids is 1. The van der Waals surface area contributed by atoms with Gasteiger partial charge in [0.1, 0.15) is 0 Å². The molecule has 1 amide bonds. The summed E-state index contributed by atoms with van der Waals surface area (Å²) in [5, 5.41) is 0.870. The van der Waals surface area contributed by atoms with Crippen LogP contribution in [0.5, 0.6) is 0 Å². The number of benzene rings is 1. The molecular weight excluding hydrogens is 346 g/mol. The van der Waals surface area contributed by atoms with E-state index < -0.39 is 0 Å². The lowest BCUT2D eigenvalue weighted by Gasteiger charge is -2.32. The first-order chi connectivity index (χ1) is 11.9. The van der Waals surface area contributed by atoms with Gasteiger partial charge in [0.05, 0.1) is 17.5 Å². The van der Waals surface area contributed by atoms with E-state index in [1.807, 2.05) is 0 Å². The smallest absolute Gasteiger partial charge is 0.409 e. The molecule has 1 aromatic heterocycles. The Balaban J connectivity index is 1.96. The van der Waals surface area contributed by atoms with Gasteiger partial charge in [0.2, 0.25) is 0 Å². The van der Waals surface area contributed by atoms with Gasteiger partial charge in [0.15, 0.2) is 0 Å². The van der Waals surface area contributed by atoms with Crippen molar-refractivity contribution in [3.63, 3.8) is 0 Å². The molecule has 2 heterocycles. The van der Waals surface area contributed by atoms with Crippen LogP contribution in [-0.4, -0.2) is 39.8 Å². The molecule has 0 unspecified atom stereocenters. The third-order valence-corrected chi connectivity index (χ3v) is 4.85. The number of aryl methyl sites for hydroxylation is 1. The SMILES string of the molecule is CCOC(=O)N1CCC(n2c(=O)c3cc(Cl)ccc3n(C)c2=O)CC1. The number of fused-ring (bicyclic) bond motifs is 1. The van der Waals surface area contributed by atoms with Gasteiger partial charge in [-0.05, 0) is 38.0 Å². The molecule has 3 rings (SSSR count). The molecule has 8 heteroatoms. The molecule has 0 N–H and O–H groups in total. The number of aromatic nitrogens is 2. The lowest BCUT2D eigenvalue weighted by molar-refractivity contribution is 0.0919. The number of halogens is 1. The Hall–Kier alpha value is -2.28. The molecular formula is C17H20ClN3O4. The zero-order valence-electron chi connectivity index (χ0n) is 14.2. The van der Waals surface area contributed by atoms with Gasteiger partial charge in [-0.25, -0.2) is 9.59 Å². The van der Waals surface area contributed by atoms with Gasteiger partial charge in [-0.2, -0.15) is 0 Å². The molecule has 0 bridgehead atoms. The van der Waals surface area contributed by atoms with Crippen molar-refractivity contribution in [1.82, 2.24) is 14.0 Å². The minimum Gasteiger partial charge on any atom is -0.450 e. The van der Waals surface area contributed by atoms with Crippen molar-refractivity contribution in [2.45, 2.75) is 25.8 Å². The number of hydrogen-bond donors (Lipinski definition) is 0. The lowest BCUT2D eigenvalue weighted by Crippen LogP contribution is -2.46. The summed E-state index contributed by atoms with van der Waals surface area (Å²) in [5.41, 5.74) is -0.135. The van der Waals surface area contributed by atoms with E-state index in [2.05, 4.69) is 0 Å². The van der Waals surface area contributed by atoms with E-state index in [9.17, 15) is 14.4 Å². The van der Waals surface area contributed by atoms with Crippen molar-refractivity contribution in [1.29, 1.82) is 0 Å². The van der Waals surface area contributed by atoms with Crippen LogP contribution < -0.4 is 11.2 Å². The first-order valence-corrected chi connectivity index (χ1v) is 8.64. The summed E-state index contributed by atoms with van der Waals surface area (Å²) < 4.78 is 7.75. The number of rotatable bonds is 2. The number of amides is 1. The van der Waals surface area contributed by atoms with Crippen LogP contribution in [0.4, 0.5) is 4.79 Å². The summed E-state index contributed by atoms with van der Waals surface area (Å²) in [6.45, 7) is 2.98. The fraction of sp³-hybridized carbons (Fsp3) is 0.471. The van der Waals surface area contributed by atoms with Crippen molar-refractivity contribution in [2.75, 3.05) is 19.7 Å². The molecule has 0 saturated carbocycles. The van der Waals surface area contributed by atoms with E-state index in [1.165, 1.54) is 9.13 Å². The number of carbonyl (C=O) groups is 1. The highest BCUT2D eigenvalue weighted by molar-refractivity contribution is 6.31. The maximum absolute atomic E-state index is 12.9. The Morgan fingerprint density at radius 3 is 2.60 bits per heavy atom. The Kier molecular flexibility index (Phi) is 4.85. The quantitative estimate of drug-likeness (QED) is 0.817. The van der Waals surface area contributed by atoms with Crippen LogP contribution in [0, 0.1) is 0 Å². The van der Waals surface area contributed by atoms with Crippen molar-refractivity contribution < 1.29 is 9.53 Å². The normalized spacial score (nSPS) is 15.6. The van der Waals surface area contributed by atoms with E-state index >= 15 is 0 Å². The van der Waals surface area contributed by atoms with Gasteiger partial charge in [-0.1, -0.05) is 11.6 Å². The van der Waals surface area contributed by atoms with E-state index in [0.717, 1.165) is 0 Å². The van der Waals surface area contributed by atoms with Crippen molar-refractivity contribution in [2.24, 2.45) is 7.05 Å². The molecule has 0 aliphatic carbocycles. The average molecular weight is 366 g/mol. The largest absolute Gasteiger partial charge is 0.450 e. The number of ether oxygens (including phenoxy) is 1. The molecule has 2 aromatic rings. The van der Waals surface area contributed by atoms with Gasteiger partial charge in [-0.3, -0.25) is 13.9 Å². The Bertz CT molecular complexity index is 926. The van der Waals surface area contributed by atoms with Crippen LogP contribution in [0.3, 0.4) is 0 Å². The summed E-state index contributed by atoms with van der Waals surface area (Å²) >= 11 is 6.01. The molecule has 134 valence electrons. The van der Waals surface area contributed by atoms with Crippen LogP contribution in [0.2, 0.25) is 5.02 Å². The third kappa shape index (κ3) is 3.16. The van der Waals surface area contributed by atoms with Crippen molar-refractivity contribution in [3.05, 3.63) is 44.1 Å². The molecule has 1 aliphatic rings. The number of hydrogen-bond acceptors (Lipinski definition) is 4. The van der Waals surface area contributed by atoms with E-state index in [1.54, 1.807) is 37.1 Å². The molecule has 1 aliphatic heterocycles. The first-order valence-electron chi connectivity index (χ1n) is 8.26. The van der Waals surface area contributed by atoms with Crippen LogP contribution >= 0.6 is 11.6 Å². The minimum atomic E-state index is -0.355. The number of likely N-dealkylation sites (tertiary alicyclic amines) is 1. The third-order valence-electron chi connectivity index (χ3n) is 4.62. The fourth-order valence-corrected chi connectivity index (χ4v) is 3.47. The predicted molar refractivity (Wildman–Crippen MR) is 95.3 cm³/mol. The lowest BCUT2D eigenvalue weighted by atomic mass is 10.0. The second-order valence-electron chi connectivity index (χ2n) is 6.10. The van der Waals surface area contributed by atoms with Gasteiger partial charge < -0.3 is 9.64 Å². The second kappa shape index (κ2) is 6.92. The molecule has 25 heavy (non-hydrogen) atoms. The van der Waals surface area contributed by atoms with Crippen LogP contribution in [0.25, 0.3) is 10.9 Å². The molecule has 0 spiro atoms. The summed E-state index contributed by atoms with van der Waals surface area (Å²) in [6.07, 6.45) is 0.701. The van der Waals surface area contributed by atoms with Crippen LogP contribution in [0.15, 0.2) is 27.8 Å². The topological polar surface area (TPSA) is 73.5 Å². The van der Waals surface area contributed by atoms with Gasteiger partial charge >= 0.3 is 11.8 Å². The second-order valence-corrected chi connectivity index (χ2v) is 6.53. The standard InChI is InChI=1S/C17H20ClN3O4/c1-3-25-17(24)20-8-6-12(7-9-20)21-15(22)13-10-11(18)4-5-14(13)19(2)16(21)23/h4-5,10,12H,3,6-9H2,1-2H3. The van der Waals surface area contributed by atoms with Crippen LogP contribution in [-0.2, 0) is 11.8 Å². The Morgan fingerprint density at radius 2 is 1.96 bits per heavy atom. The summed E-state index contributed by atoms with van der Waals surface area (Å²) in [4.78, 5) is 39.0. The molecule has 7 nitrogen and oxygen atoms in total. The molecule has 1 aromatic carbocycles. The highest BCUT2D eigenvalue weighted by atomic mass is 35.5. The van der Waals surface area contributed by atoms with Crippen LogP contribution in [0.1, 0.15) is 25.8 Å². The maximum atomic E-state index is 12.9. The predicted octanol–water partition coefficient (Wildman–Crippen LogP) is 2.15. The average Bonchev–Trinajstić information content (AvgIpc) is 2.61. The monoisotopic (exact) mass is 365 g/mol. The highest BCUT2D eigenvalue weighted by Crippen LogP contribution is 2.22. The van der Waals surface area contributed by atoms with Crippen molar-refractivity contribution >= 4 is 28.6 Å². The first kappa shape index (κ1) is 17.5. The molecule has 1 fully saturated rings. The Labute approximate surface area is 149 Å². The highest BCUT2D eigenvalue weighted by Gasteiger charge is 2.27. The van der Waals surface area contributed by atoms with E-state index in [-0.39, 0.29) is 23.4 Å². The number of nitrogens with zero attached hydrogens (tertiary/aromatic N) is 3. The zero-order valence-corrected chi connectivity index (χ0v) is 15.0. The van der Waals surface area contributed by atoms with Gasteiger partial charge in [0.25, 0.3) is 5.56 Å². The molecule has 1 saturated heterocycles. The van der Waals surface area contributed by atoms with Gasteiger partial charge in [0, 0.05) is 31.2 Å².